The van der Waals surface area contributed by atoms with E-state index >= 15 is 0 Å². The molecular formula is C14H10ClF6NO4S2. The van der Waals surface area contributed by atoms with E-state index in [1.165, 1.54) is 12.1 Å². The number of primary sulfonamides is 1. The SMILES string of the molecule is NS(=O)(=O)c1ccc(C(F)(F)F)cc1C(F)(F)F.O=S(=O)(Cl)c1ccccc1. The maximum atomic E-state index is 12.5. The lowest BCUT2D eigenvalue weighted by atomic mass is 10.1. The van der Waals surface area contributed by atoms with E-state index in [2.05, 4.69) is 5.14 Å². The molecule has 0 heterocycles. The van der Waals surface area contributed by atoms with Crippen molar-refractivity contribution in [3.05, 3.63) is 59.7 Å². The van der Waals surface area contributed by atoms with Crippen molar-refractivity contribution in [1.82, 2.24) is 0 Å². The number of halogens is 7. The first-order valence-corrected chi connectivity index (χ1v) is 10.6. The fourth-order valence-corrected chi connectivity index (χ4v) is 3.29. The molecule has 14 heteroatoms. The number of benzene rings is 2. The first-order chi connectivity index (χ1) is 12.4. The van der Waals surface area contributed by atoms with Crippen LogP contribution in [0.5, 0.6) is 0 Å². The third-order valence-electron chi connectivity index (χ3n) is 2.94. The summed E-state index contributed by atoms with van der Waals surface area (Å²) in [5.74, 6) is 0. The third kappa shape index (κ3) is 6.96. The van der Waals surface area contributed by atoms with Crippen molar-refractivity contribution >= 4 is 29.8 Å². The summed E-state index contributed by atoms with van der Waals surface area (Å²) >= 11 is 0. The van der Waals surface area contributed by atoms with Crippen molar-refractivity contribution in [3.63, 3.8) is 0 Å². The predicted octanol–water partition coefficient (Wildman–Crippen LogP) is 3.99. The maximum Gasteiger partial charge on any atom is 0.417 e. The van der Waals surface area contributed by atoms with Crippen LogP contribution in [0.3, 0.4) is 0 Å². The topological polar surface area (TPSA) is 94.3 Å². The molecule has 0 bridgehead atoms. The van der Waals surface area contributed by atoms with E-state index in [9.17, 15) is 43.2 Å². The normalized spacial score (nSPS) is 12.9. The molecule has 0 aliphatic carbocycles. The largest absolute Gasteiger partial charge is 0.417 e. The van der Waals surface area contributed by atoms with Crippen molar-refractivity contribution in [3.8, 4) is 0 Å². The first-order valence-electron chi connectivity index (χ1n) is 6.75. The Morgan fingerprint density at radius 2 is 1.29 bits per heavy atom. The number of rotatable bonds is 2. The van der Waals surface area contributed by atoms with E-state index in [1.54, 1.807) is 18.2 Å². The fourth-order valence-electron chi connectivity index (χ4n) is 1.76. The summed E-state index contributed by atoms with van der Waals surface area (Å²) in [7, 11) is -3.27. The molecule has 0 aliphatic rings. The summed E-state index contributed by atoms with van der Waals surface area (Å²) in [6, 6.07) is 7.97. The quantitative estimate of drug-likeness (QED) is 0.531. The molecule has 0 amide bonds. The Balaban J connectivity index is 0.000000330. The van der Waals surface area contributed by atoms with Crippen LogP contribution >= 0.6 is 10.7 Å². The van der Waals surface area contributed by atoms with Crippen molar-refractivity contribution in [1.29, 1.82) is 0 Å². The highest BCUT2D eigenvalue weighted by Gasteiger charge is 2.40. The second-order valence-electron chi connectivity index (χ2n) is 5.00. The van der Waals surface area contributed by atoms with Gasteiger partial charge in [0.1, 0.15) is 0 Å². The molecule has 2 rings (SSSR count). The Kier molecular flexibility index (Phi) is 7.15. The van der Waals surface area contributed by atoms with Gasteiger partial charge in [-0.25, -0.2) is 22.0 Å². The summed E-state index contributed by atoms with van der Waals surface area (Å²) in [5, 5.41) is 4.50. The number of hydrogen-bond donors (Lipinski definition) is 1. The molecule has 5 nitrogen and oxygen atoms in total. The van der Waals surface area contributed by atoms with Gasteiger partial charge in [0, 0.05) is 10.7 Å². The van der Waals surface area contributed by atoms with Gasteiger partial charge < -0.3 is 0 Å². The van der Waals surface area contributed by atoms with E-state index in [0.717, 1.165) is 0 Å². The highest BCUT2D eigenvalue weighted by molar-refractivity contribution is 8.13. The molecule has 2 aromatic carbocycles. The summed E-state index contributed by atoms with van der Waals surface area (Å²) in [6.45, 7) is 0. The van der Waals surface area contributed by atoms with Crippen molar-refractivity contribution in [2.75, 3.05) is 0 Å². The summed E-state index contributed by atoms with van der Waals surface area (Å²) in [5.41, 5.74) is -3.55. The average Bonchev–Trinajstić information content (AvgIpc) is 2.52. The smallest absolute Gasteiger partial charge is 0.225 e. The lowest BCUT2D eigenvalue weighted by Gasteiger charge is -2.14. The van der Waals surface area contributed by atoms with E-state index in [-0.39, 0.29) is 23.1 Å². The van der Waals surface area contributed by atoms with Crippen LogP contribution in [0.1, 0.15) is 11.1 Å². The van der Waals surface area contributed by atoms with Gasteiger partial charge in [0.2, 0.25) is 10.0 Å². The summed E-state index contributed by atoms with van der Waals surface area (Å²) < 4.78 is 117. The van der Waals surface area contributed by atoms with Crippen LogP contribution in [-0.4, -0.2) is 16.8 Å². The molecular weight excluding hydrogens is 460 g/mol. The van der Waals surface area contributed by atoms with Crippen LogP contribution in [0.15, 0.2) is 58.3 Å². The first kappa shape index (κ1) is 24.2. The lowest BCUT2D eigenvalue weighted by molar-refractivity contribution is -0.144. The molecule has 0 aromatic heterocycles. The molecule has 156 valence electrons. The van der Waals surface area contributed by atoms with Gasteiger partial charge in [-0.15, -0.1) is 0 Å². The van der Waals surface area contributed by atoms with Gasteiger partial charge in [0.05, 0.1) is 20.9 Å². The van der Waals surface area contributed by atoms with Gasteiger partial charge in [0.15, 0.2) is 0 Å². The van der Waals surface area contributed by atoms with Gasteiger partial charge in [-0.2, -0.15) is 26.3 Å². The molecule has 0 aliphatic heterocycles. The van der Waals surface area contributed by atoms with Gasteiger partial charge in [-0.1, -0.05) is 18.2 Å². The molecule has 0 atom stereocenters. The molecule has 28 heavy (non-hydrogen) atoms. The van der Waals surface area contributed by atoms with Crippen molar-refractivity contribution in [2.45, 2.75) is 22.1 Å². The summed E-state index contributed by atoms with van der Waals surface area (Å²) in [6.07, 6.45) is -10.3. The van der Waals surface area contributed by atoms with E-state index in [0.29, 0.717) is 0 Å². The number of nitrogens with two attached hydrogens (primary N) is 1. The van der Waals surface area contributed by atoms with Gasteiger partial charge in [-0.05, 0) is 30.3 Å². The molecule has 2 aromatic rings. The van der Waals surface area contributed by atoms with Crippen LogP contribution in [0, 0.1) is 0 Å². The van der Waals surface area contributed by atoms with Gasteiger partial charge >= 0.3 is 12.4 Å². The Hall–Kier alpha value is -1.83. The van der Waals surface area contributed by atoms with Crippen LogP contribution in [-0.2, 0) is 31.4 Å². The Morgan fingerprint density at radius 1 is 0.786 bits per heavy atom. The van der Waals surface area contributed by atoms with E-state index < -0.39 is 47.4 Å². The van der Waals surface area contributed by atoms with Crippen LogP contribution in [0.25, 0.3) is 0 Å². The van der Waals surface area contributed by atoms with E-state index in [4.69, 9.17) is 10.7 Å². The van der Waals surface area contributed by atoms with Crippen LogP contribution in [0.4, 0.5) is 26.3 Å². The minimum atomic E-state index is -5.26. The second kappa shape index (κ2) is 8.27. The van der Waals surface area contributed by atoms with Crippen LogP contribution in [0.2, 0.25) is 0 Å². The van der Waals surface area contributed by atoms with Crippen molar-refractivity contribution < 1.29 is 43.2 Å². The molecule has 0 saturated heterocycles. The standard InChI is InChI=1S/C8H5F6NO2S.C6H5ClO2S/c9-7(10,11)4-1-2-6(18(15,16)17)5(3-4)8(12,13)14;7-10(8,9)6-4-2-1-3-5-6/h1-3H,(H2,15,16,17);1-5H. The maximum absolute atomic E-state index is 12.5. The second-order valence-corrected chi connectivity index (χ2v) is 9.10. The van der Waals surface area contributed by atoms with Gasteiger partial charge in [-0.3, -0.25) is 0 Å². The third-order valence-corrected chi connectivity index (χ3v) is 5.28. The Labute approximate surface area is 160 Å². The zero-order valence-electron chi connectivity index (χ0n) is 13.3. The number of alkyl halides is 6. The molecule has 0 unspecified atom stereocenters. The Bertz CT molecular complexity index is 1040. The minimum Gasteiger partial charge on any atom is -0.225 e. The lowest BCUT2D eigenvalue weighted by Crippen LogP contribution is -2.20. The number of sulfonamides is 1. The minimum absolute atomic E-state index is 0.136. The van der Waals surface area contributed by atoms with Crippen LogP contribution < -0.4 is 5.14 Å². The molecule has 2 N–H and O–H groups in total. The highest BCUT2D eigenvalue weighted by Crippen LogP contribution is 2.38. The predicted molar refractivity (Wildman–Crippen MR) is 87.3 cm³/mol. The average molecular weight is 470 g/mol. The number of hydrogen-bond acceptors (Lipinski definition) is 4. The van der Waals surface area contributed by atoms with Gasteiger partial charge in [0.25, 0.3) is 9.05 Å². The zero-order valence-corrected chi connectivity index (χ0v) is 15.7. The zero-order chi connectivity index (χ0) is 22.0. The molecule has 0 spiro atoms. The molecule has 0 radical (unpaired) electrons. The molecule has 0 fully saturated rings. The Morgan fingerprint density at radius 3 is 1.61 bits per heavy atom. The summed E-state index contributed by atoms with van der Waals surface area (Å²) in [4.78, 5) is -1.26. The van der Waals surface area contributed by atoms with E-state index in [1.807, 2.05) is 0 Å². The fraction of sp³-hybridized carbons (Fsp3) is 0.143. The highest BCUT2D eigenvalue weighted by atomic mass is 35.7. The monoisotopic (exact) mass is 469 g/mol. The van der Waals surface area contributed by atoms with Crippen molar-refractivity contribution in [2.24, 2.45) is 5.14 Å². The molecule has 0 saturated carbocycles.